The Kier molecular flexibility index (Phi) is 25.8. The Labute approximate surface area is 640 Å². The number of sulfone groups is 1. The maximum atomic E-state index is 14.6. The van der Waals surface area contributed by atoms with E-state index >= 15 is 0 Å². The summed E-state index contributed by atoms with van der Waals surface area (Å²) in [5, 5.41) is 20.5. The summed E-state index contributed by atoms with van der Waals surface area (Å²) in [6.45, 7) is 19.3. The number of piperazine rings is 2. The van der Waals surface area contributed by atoms with Crippen molar-refractivity contribution in [2.75, 3.05) is 74.9 Å². The molecule has 0 saturated carbocycles. The van der Waals surface area contributed by atoms with E-state index in [0.717, 1.165) is 83.3 Å². The van der Waals surface area contributed by atoms with Crippen LogP contribution in [-0.2, 0) is 39.0 Å². The van der Waals surface area contributed by atoms with E-state index in [4.69, 9.17) is 11.6 Å². The van der Waals surface area contributed by atoms with Gasteiger partial charge in [-0.3, -0.25) is 33.8 Å². The minimum Gasteiger partial charge on any atom is -0.391 e. The first kappa shape index (κ1) is 80.6. The molecule has 5 aliphatic rings. The van der Waals surface area contributed by atoms with Crippen LogP contribution in [0.1, 0.15) is 152 Å². The Bertz CT molecular complexity index is 4420. The van der Waals surface area contributed by atoms with Gasteiger partial charge in [0.2, 0.25) is 23.6 Å². The van der Waals surface area contributed by atoms with Gasteiger partial charge in [-0.15, -0.1) is 23.1 Å². The van der Waals surface area contributed by atoms with Crippen LogP contribution in [0.25, 0.3) is 16.0 Å². The van der Waals surface area contributed by atoms with Crippen LogP contribution in [0.3, 0.4) is 0 Å². The molecule has 11 rings (SSSR count). The molecule has 2 bridgehead atoms. The van der Waals surface area contributed by atoms with Crippen LogP contribution >= 0.6 is 34.7 Å². The zero-order chi connectivity index (χ0) is 76.8. The number of β-amino-alcohol motifs (C(OH)–C–C–N with tert-alkyl or cyclic N) is 1. The zero-order valence-corrected chi connectivity index (χ0v) is 65.7. The quantitative estimate of drug-likeness (QED) is 0.0216. The smallest absolute Gasteiger partial charge is 0.391 e. The Balaban J connectivity index is 0.648. The average molecular weight is 1570 g/mol. The summed E-state index contributed by atoms with van der Waals surface area (Å²) in [6, 6.07) is 31.4. The second-order valence-electron chi connectivity index (χ2n) is 31.0. The molecule has 0 radical (unpaired) electrons. The van der Waals surface area contributed by atoms with Crippen LogP contribution < -0.4 is 25.6 Å². The number of likely N-dealkylation sites (tertiary alicyclic amines) is 3. The third-order valence-electron chi connectivity index (χ3n) is 21.3. The first-order chi connectivity index (χ1) is 50.7. The number of nitrogens with one attached hydrogen (secondary N) is 4. The number of amides is 5. The minimum absolute atomic E-state index is 0.0130. The maximum Gasteiger partial charge on any atom is 0.501 e. The van der Waals surface area contributed by atoms with E-state index in [1.54, 1.807) is 29.0 Å². The third kappa shape index (κ3) is 20.4. The SMILES string of the molecule is Cc1ncsc1-c1ccc([C@H](C)NC(=O)C[C@@H]2C[C@@H](O)CN2C(=O)[C@@H](NC(=O)CCCCCC(=O)N2C[C@H]3C[C@@H]2CN3CC[C@H](CSc2ccccc2)Nc2ccc(S(=O)(=O)NC(=O)c3ccc(N4CCN(CC5=C(c6ccc(Cl)cc6)CCC(C)(C)C5)CC4)cc3)cc2S(=O)(=O)C(F)(F)F)C(C)(C)C)cc1. The topological polar surface area (TPSA) is 251 Å². The number of halogens is 4. The maximum absolute atomic E-state index is 14.6. The fourth-order valence-corrected chi connectivity index (χ4v) is 19.3. The molecule has 0 spiro atoms. The second kappa shape index (κ2) is 34.3. The van der Waals surface area contributed by atoms with Crippen molar-refractivity contribution >= 4 is 101 Å². The highest BCUT2D eigenvalue weighted by atomic mass is 35.5. The fourth-order valence-electron chi connectivity index (χ4n) is 15.4. The van der Waals surface area contributed by atoms with Crippen molar-refractivity contribution in [2.24, 2.45) is 10.8 Å². The number of rotatable bonds is 29. The number of sulfonamides is 1. The molecule has 6 aromatic rings. The van der Waals surface area contributed by atoms with Gasteiger partial charge in [0.25, 0.3) is 25.8 Å². The number of carbonyl (C=O) groups excluding carboxylic acids is 5. The monoisotopic (exact) mass is 1570 g/mol. The lowest BCUT2D eigenvalue weighted by Crippen LogP contribution is -2.56. The van der Waals surface area contributed by atoms with Gasteiger partial charge in [-0.1, -0.05) is 113 Å². The molecule has 5 N–H and O–H groups in total. The van der Waals surface area contributed by atoms with E-state index in [1.165, 1.54) is 45.5 Å². The third-order valence-corrected chi connectivity index (χ3v) is 26.6. The van der Waals surface area contributed by atoms with Crippen molar-refractivity contribution in [1.29, 1.82) is 0 Å². The number of aliphatic hydroxyl groups excluding tert-OH is 1. The molecule has 1 aliphatic carbocycles. The van der Waals surface area contributed by atoms with Gasteiger partial charge < -0.3 is 35.8 Å². The van der Waals surface area contributed by atoms with Gasteiger partial charge in [-0.25, -0.2) is 26.5 Å². The van der Waals surface area contributed by atoms with Gasteiger partial charge in [0.15, 0.2) is 0 Å². The van der Waals surface area contributed by atoms with Crippen molar-refractivity contribution in [3.63, 3.8) is 0 Å². The number of fused-ring (bicyclic) bond motifs is 2. The highest BCUT2D eigenvalue weighted by Crippen LogP contribution is 2.44. The van der Waals surface area contributed by atoms with Crippen molar-refractivity contribution in [3.8, 4) is 10.4 Å². The summed E-state index contributed by atoms with van der Waals surface area (Å²) in [4.78, 5) is 83.1. The number of alkyl halides is 3. The Morgan fingerprint density at radius 2 is 1.48 bits per heavy atom. The molecule has 4 fully saturated rings. The van der Waals surface area contributed by atoms with Crippen molar-refractivity contribution in [3.05, 3.63) is 160 Å². The second-order valence-corrected chi connectivity index (χ2v) is 36.9. The Morgan fingerprint density at radius 1 is 0.785 bits per heavy atom. The predicted octanol–water partition coefficient (Wildman–Crippen LogP) is 12.9. The van der Waals surface area contributed by atoms with E-state index < -0.39 is 76.4 Å². The van der Waals surface area contributed by atoms with E-state index in [0.29, 0.717) is 75.9 Å². The number of thioether (sulfide) groups is 1. The van der Waals surface area contributed by atoms with Crippen LogP contribution in [0.4, 0.5) is 24.5 Å². The average Bonchev–Trinajstić information content (AvgIpc) is 1.62. The summed E-state index contributed by atoms with van der Waals surface area (Å²) in [6.07, 6.45) is 5.41. The van der Waals surface area contributed by atoms with Crippen LogP contribution in [0.5, 0.6) is 0 Å². The van der Waals surface area contributed by atoms with Crippen LogP contribution in [0, 0.1) is 17.8 Å². The van der Waals surface area contributed by atoms with Crippen molar-refractivity contribution in [2.45, 2.75) is 188 Å². The number of hydrogen-bond acceptors (Lipinski definition) is 17. The number of thiazole rings is 1. The molecule has 576 valence electrons. The minimum atomic E-state index is -6.19. The summed E-state index contributed by atoms with van der Waals surface area (Å²) < 4.78 is 101. The van der Waals surface area contributed by atoms with Crippen LogP contribution in [0.15, 0.2) is 147 Å². The predicted molar refractivity (Wildman–Crippen MR) is 414 cm³/mol. The number of unbranched alkanes of at least 4 members (excludes halogenated alkanes) is 2. The molecular formula is C79H98ClF3N10O10S4. The molecule has 107 heavy (non-hydrogen) atoms. The van der Waals surface area contributed by atoms with Gasteiger partial charge in [0.1, 0.15) is 10.9 Å². The molecule has 5 aromatic carbocycles. The number of allylic oxidation sites excluding steroid dienone is 1. The Morgan fingerprint density at radius 3 is 2.13 bits per heavy atom. The number of aryl methyl sites for hydroxylation is 1. The number of benzene rings is 5. The molecule has 1 aromatic heterocycles. The number of hydrogen-bond donors (Lipinski definition) is 5. The zero-order valence-electron chi connectivity index (χ0n) is 61.7. The summed E-state index contributed by atoms with van der Waals surface area (Å²) in [5.41, 5.74) is 2.67. The fraction of sp³-hybridized carbons (Fsp3) is 0.494. The summed E-state index contributed by atoms with van der Waals surface area (Å²) in [5.74, 6) is -1.78. The molecule has 5 amide bonds. The normalized spacial score (nSPS) is 20.2. The molecule has 0 unspecified atom stereocenters. The van der Waals surface area contributed by atoms with E-state index in [-0.39, 0.29) is 90.7 Å². The lowest BCUT2D eigenvalue weighted by atomic mass is 9.73. The number of nitrogens with zero attached hydrogens (tertiary/aromatic N) is 6. The number of carbonyl (C=O) groups is 5. The van der Waals surface area contributed by atoms with Gasteiger partial charge in [-0.2, -0.15) is 13.2 Å². The molecule has 7 atom stereocenters. The van der Waals surface area contributed by atoms with E-state index in [2.05, 4.69) is 61.6 Å². The lowest BCUT2D eigenvalue weighted by molar-refractivity contribution is -0.141. The largest absolute Gasteiger partial charge is 0.501 e. The molecule has 4 aliphatic heterocycles. The highest BCUT2D eigenvalue weighted by molar-refractivity contribution is 7.99. The molecule has 20 nitrogen and oxygen atoms in total. The number of aliphatic hydroxyl groups is 1. The van der Waals surface area contributed by atoms with Crippen molar-refractivity contribution < 1.29 is 59.1 Å². The number of aromatic nitrogens is 1. The van der Waals surface area contributed by atoms with Crippen LogP contribution in [0.2, 0.25) is 5.02 Å². The molecule has 5 heterocycles. The van der Waals surface area contributed by atoms with Gasteiger partial charge in [0.05, 0.1) is 38.8 Å². The van der Waals surface area contributed by atoms with Crippen molar-refractivity contribution in [1.82, 2.24) is 39.9 Å². The van der Waals surface area contributed by atoms with E-state index in [9.17, 15) is 59.1 Å². The van der Waals surface area contributed by atoms with Crippen LogP contribution in [-0.4, -0.2) is 183 Å². The molecular weight excluding hydrogens is 1470 g/mol. The first-order valence-corrected chi connectivity index (χ1v) is 42.0. The first-order valence-electron chi connectivity index (χ1n) is 36.8. The van der Waals surface area contributed by atoms with Gasteiger partial charge in [0, 0.05) is 129 Å². The van der Waals surface area contributed by atoms with E-state index in [1.807, 2.05) is 111 Å². The number of anilines is 2. The summed E-state index contributed by atoms with van der Waals surface area (Å²) >= 11 is 9.20. The summed E-state index contributed by atoms with van der Waals surface area (Å²) in [7, 11) is -11.1. The Hall–Kier alpha value is -7.37. The standard InChI is InChI=1S/C79H98ClF3N10O10S4/c1-51(53-18-20-55(21-19-53)73-52(2)84-50-105-73)85-71(96)42-61-41-64(94)48-93(61)76(99)74(77(3,4)5)87-70(95)16-12-9-13-17-72(97)92-47-62-40-63(92)46-91(62)35-33-59(49-104-65-14-10-8-11-15-65)86-68-31-30-66(43-69(68)106(100,101)79(81,82)83)107(102,103)88-75(98)56-24-28-60(29-25-56)90-38-36-89(37-39-90)45-57-44-78(6,7)34-32-67(57)54-22-26-58(80)27-23-54/h8,10-11,14-15,18-31,43,50-51,59,61-64,74,86,94H,9,12-13,16-17,32-42,44-49H2,1-7H3,(H,85,96)(H,87,95)(H,88,98)/t51-,59+,61-,62+,63+,64+,74+/m0/s1. The lowest BCUT2D eigenvalue weighted by Gasteiger charge is -2.39. The van der Waals surface area contributed by atoms with Gasteiger partial charge >= 0.3 is 5.51 Å². The highest BCUT2D eigenvalue weighted by Gasteiger charge is 2.50. The molecule has 28 heteroatoms. The van der Waals surface area contributed by atoms with Gasteiger partial charge in [-0.05, 0) is 165 Å². The molecule has 4 saturated heterocycles.